The fraction of sp³-hybridized carbons (Fsp3) is 0.294. The average Bonchev–Trinajstić information content (AvgIpc) is 3.43. The molecule has 2 aliphatic heterocycles. The van der Waals surface area contributed by atoms with E-state index in [1.54, 1.807) is 37.3 Å². The molecule has 2 saturated heterocycles. The number of phenols is 1. The van der Waals surface area contributed by atoms with Crippen LogP contribution in [0.3, 0.4) is 0 Å². The molecular weight excluding hydrogens is 825 g/mol. The van der Waals surface area contributed by atoms with Gasteiger partial charge in [-0.05, 0) is 78.6 Å². The van der Waals surface area contributed by atoms with Gasteiger partial charge in [0.05, 0.1) is 24.1 Å². The molecule has 3 aromatic carbocycles. The number of phenolic OH excluding ortho intramolecular Hbond substituents is 1. The van der Waals surface area contributed by atoms with Crippen molar-refractivity contribution in [3.05, 3.63) is 92.3 Å². The number of hydrogen-bond donors (Lipinski definition) is 1. The van der Waals surface area contributed by atoms with E-state index in [9.17, 15) is 37.5 Å². The lowest BCUT2D eigenvalue weighted by molar-refractivity contribution is -0.125. The van der Waals surface area contributed by atoms with Crippen molar-refractivity contribution in [2.24, 2.45) is 17.8 Å². The third kappa shape index (κ3) is 4.46. The number of imide groups is 2. The van der Waals surface area contributed by atoms with Gasteiger partial charge in [-0.2, -0.15) is 0 Å². The number of hydrogen-bond acceptors (Lipinski definition) is 6. The van der Waals surface area contributed by atoms with Crippen LogP contribution in [0.15, 0.2) is 54.1 Å². The highest BCUT2D eigenvalue weighted by Gasteiger charge is 2.77. The fourth-order valence-corrected chi connectivity index (χ4v) is 9.09. The minimum absolute atomic E-state index is 0.0455. The minimum Gasteiger partial charge on any atom is -0.504 e. The Kier molecular flexibility index (Phi) is 8.26. The second kappa shape index (κ2) is 11.9. The standard InChI is InChI=1S/C34H22Cl2F5IN2O6/c1-2-50-19-5-3-4-17(28(19)45)21-15-10-11-16-20(30(47)43(29(16)46)14-8-6-13(42)7-9-14)18(15)12-33(35)31(48)44(32(49)34(21,33)36)27-25(40)23(38)22(37)24(39)26(27)41/h3-10,16,18,20-21,45H,2,11-12H2,1H3. The van der Waals surface area contributed by atoms with E-state index in [0.29, 0.717) is 0 Å². The first-order valence-electron chi connectivity index (χ1n) is 15.2. The quantitative estimate of drug-likeness (QED) is 0.0573. The molecule has 260 valence electrons. The number of rotatable bonds is 5. The number of carbonyl (C=O) groups excluding carboxylic acids is 4. The Hall–Kier alpha value is -3.76. The molecule has 3 fully saturated rings. The third-order valence-corrected chi connectivity index (χ3v) is 12.1. The van der Waals surface area contributed by atoms with Crippen LogP contribution in [-0.4, -0.2) is 45.1 Å². The van der Waals surface area contributed by atoms with E-state index in [1.807, 2.05) is 0 Å². The number of fused-ring (bicyclic) bond motifs is 4. The normalized spacial score (nSPS) is 28.9. The molecule has 6 atom stereocenters. The molecule has 1 N–H and O–H groups in total. The van der Waals surface area contributed by atoms with Gasteiger partial charge in [-0.15, -0.1) is 23.2 Å². The molecule has 4 aliphatic rings. The fourth-order valence-electron chi connectivity index (χ4n) is 7.80. The second-order valence-electron chi connectivity index (χ2n) is 12.3. The topological polar surface area (TPSA) is 104 Å². The number of anilines is 2. The van der Waals surface area contributed by atoms with Gasteiger partial charge in [0.15, 0.2) is 44.5 Å². The minimum atomic E-state index is -2.77. The van der Waals surface area contributed by atoms with Gasteiger partial charge < -0.3 is 9.84 Å². The molecule has 6 unspecified atom stereocenters. The van der Waals surface area contributed by atoms with Crippen LogP contribution >= 0.6 is 45.8 Å². The number of allylic oxidation sites excluding steroid dienone is 2. The molecule has 2 aliphatic carbocycles. The van der Waals surface area contributed by atoms with Crippen LogP contribution in [0.1, 0.15) is 31.2 Å². The molecule has 0 radical (unpaired) electrons. The number of halogens is 8. The zero-order valence-electron chi connectivity index (χ0n) is 25.5. The molecule has 8 nitrogen and oxygen atoms in total. The highest BCUT2D eigenvalue weighted by Crippen LogP contribution is 2.67. The summed E-state index contributed by atoms with van der Waals surface area (Å²) in [5, 5.41) is 11.4. The van der Waals surface area contributed by atoms with Gasteiger partial charge in [0.1, 0.15) is 5.69 Å². The lowest BCUT2D eigenvalue weighted by atomic mass is 9.56. The first-order chi connectivity index (χ1) is 23.6. The summed E-state index contributed by atoms with van der Waals surface area (Å²) in [6.45, 7) is 1.71. The predicted molar refractivity (Wildman–Crippen MR) is 177 cm³/mol. The van der Waals surface area contributed by atoms with E-state index in [4.69, 9.17) is 27.9 Å². The van der Waals surface area contributed by atoms with Crippen molar-refractivity contribution in [1.29, 1.82) is 0 Å². The largest absolute Gasteiger partial charge is 0.504 e. The van der Waals surface area contributed by atoms with Crippen LogP contribution in [-0.2, 0) is 19.2 Å². The van der Waals surface area contributed by atoms with Crippen molar-refractivity contribution in [2.45, 2.75) is 35.4 Å². The number of carbonyl (C=O) groups is 4. The van der Waals surface area contributed by atoms with Crippen LogP contribution in [0.25, 0.3) is 0 Å². The van der Waals surface area contributed by atoms with Crippen molar-refractivity contribution < 1.29 is 51.0 Å². The maximum absolute atomic E-state index is 15.2. The van der Waals surface area contributed by atoms with E-state index in [1.165, 1.54) is 18.2 Å². The Morgan fingerprint density at radius 3 is 2.10 bits per heavy atom. The highest BCUT2D eigenvalue weighted by atomic mass is 127. The van der Waals surface area contributed by atoms with Crippen molar-refractivity contribution in [3.63, 3.8) is 0 Å². The van der Waals surface area contributed by atoms with Crippen molar-refractivity contribution in [1.82, 2.24) is 0 Å². The van der Waals surface area contributed by atoms with Crippen LogP contribution < -0.4 is 14.5 Å². The Balaban J connectivity index is 1.45. The summed E-state index contributed by atoms with van der Waals surface area (Å²) < 4.78 is 79.8. The van der Waals surface area contributed by atoms with Crippen molar-refractivity contribution in [3.8, 4) is 11.5 Å². The zero-order valence-corrected chi connectivity index (χ0v) is 29.1. The summed E-state index contributed by atoms with van der Waals surface area (Å²) in [5.74, 6) is -22.3. The molecule has 0 aromatic heterocycles. The first kappa shape index (κ1) is 34.7. The van der Waals surface area contributed by atoms with Crippen molar-refractivity contribution in [2.75, 3.05) is 16.4 Å². The summed E-state index contributed by atoms with van der Waals surface area (Å²) >= 11 is 16.3. The van der Waals surface area contributed by atoms with Gasteiger partial charge in [0.25, 0.3) is 11.8 Å². The number of aromatic hydroxyl groups is 1. The predicted octanol–water partition coefficient (Wildman–Crippen LogP) is 6.86. The Labute approximate surface area is 303 Å². The third-order valence-electron chi connectivity index (χ3n) is 9.95. The average molecular weight is 847 g/mol. The molecular formula is C34H22Cl2F5IN2O6. The van der Waals surface area contributed by atoms with Gasteiger partial charge >= 0.3 is 0 Å². The molecule has 0 spiro atoms. The number of amides is 4. The maximum atomic E-state index is 15.2. The van der Waals surface area contributed by atoms with Gasteiger partial charge in [-0.3, -0.25) is 24.1 Å². The summed E-state index contributed by atoms with van der Waals surface area (Å²) in [4.78, 5) is 51.9. The highest BCUT2D eigenvalue weighted by molar-refractivity contribution is 14.1. The second-order valence-corrected chi connectivity index (χ2v) is 14.8. The van der Waals surface area contributed by atoms with Gasteiger partial charge in [-0.25, -0.2) is 26.9 Å². The summed E-state index contributed by atoms with van der Waals surface area (Å²) in [6, 6.07) is 10.7. The number of para-hydroxylation sites is 1. The van der Waals surface area contributed by atoms with Crippen LogP contribution in [0, 0.1) is 50.4 Å². The van der Waals surface area contributed by atoms with Crippen LogP contribution in [0.2, 0.25) is 0 Å². The Bertz CT molecular complexity index is 2060. The zero-order chi connectivity index (χ0) is 36.2. The lowest BCUT2D eigenvalue weighted by Gasteiger charge is -2.50. The van der Waals surface area contributed by atoms with E-state index in [0.717, 1.165) is 8.47 Å². The number of nitrogens with zero attached hydrogens (tertiary/aromatic N) is 2. The van der Waals surface area contributed by atoms with Gasteiger partial charge in [0, 0.05) is 15.1 Å². The number of benzene rings is 3. The Morgan fingerprint density at radius 1 is 0.860 bits per heavy atom. The molecule has 50 heavy (non-hydrogen) atoms. The number of alkyl halides is 2. The SMILES string of the molecule is CCOc1cccc(C2C3=CCC4C(=O)N(c5ccc(I)cc5)C(=O)C4C3CC3(Cl)C(=O)N(c4c(F)c(F)c(F)c(F)c4F)C(=O)C23Cl)c1O. The molecule has 0 bridgehead atoms. The lowest BCUT2D eigenvalue weighted by Crippen LogP contribution is -2.60. The smallest absolute Gasteiger partial charge is 0.258 e. The van der Waals surface area contributed by atoms with Crippen molar-refractivity contribution >= 4 is 80.8 Å². The summed E-state index contributed by atoms with van der Waals surface area (Å²) in [7, 11) is 0. The maximum Gasteiger partial charge on any atom is 0.258 e. The van der Waals surface area contributed by atoms with E-state index < -0.39 is 104 Å². The van der Waals surface area contributed by atoms with E-state index >= 15 is 8.78 Å². The van der Waals surface area contributed by atoms with Crippen LogP contribution in [0.4, 0.5) is 33.3 Å². The van der Waals surface area contributed by atoms with Gasteiger partial charge in [0.2, 0.25) is 17.6 Å². The van der Waals surface area contributed by atoms with E-state index in [2.05, 4.69) is 22.6 Å². The monoisotopic (exact) mass is 846 g/mol. The molecule has 3 aromatic rings. The molecule has 4 amide bonds. The number of ether oxygens (including phenoxy) is 1. The van der Waals surface area contributed by atoms with Gasteiger partial charge in [-0.1, -0.05) is 23.8 Å². The molecule has 2 heterocycles. The summed E-state index contributed by atoms with van der Waals surface area (Å²) in [6.07, 6.45) is 0.838. The molecule has 16 heteroatoms. The summed E-state index contributed by atoms with van der Waals surface area (Å²) in [5.41, 5.74) is -1.55. The van der Waals surface area contributed by atoms with Crippen LogP contribution in [0.5, 0.6) is 11.5 Å². The Morgan fingerprint density at radius 2 is 1.48 bits per heavy atom. The molecule has 1 saturated carbocycles. The van der Waals surface area contributed by atoms with E-state index in [-0.39, 0.29) is 40.5 Å². The molecule has 7 rings (SSSR count). The first-order valence-corrected chi connectivity index (χ1v) is 17.0.